The monoisotopic (exact) mass is 281 g/mol. The number of aromatic nitrogens is 4. The highest BCUT2D eigenvalue weighted by molar-refractivity contribution is 5.91. The van der Waals surface area contributed by atoms with E-state index in [9.17, 15) is 0 Å². The SMILES string of the molecule is Cc1cnc(Nc2cccc3cnn(C)c23)nc1C(C)C. The fourth-order valence-corrected chi connectivity index (χ4v) is 2.55. The Labute approximate surface area is 124 Å². The van der Waals surface area contributed by atoms with Crippen LogP contribution in [0.2, 0.25) is 0 Å². The number of aryl methyl sites for hydroxylation is 2. The zero-order valence-corrected chi connectivity index (χ0v) is 12.8. The van der Waals surface area contributed by atoms with Crippen molar-refractivity contribution in [1.29, 1.82) is 0 Å². The van der Waals surface area contributed by atoms with Crippen molar-refractivity contribution in [1.82, 2.24) is 19.7 Å². The van der Waals surface area contributed by atoms with Gasteiger partial charge in [0.05, 0.1) is 23.1 Å². The van der Waals surface area contributed by atoms with Crippen LogP contribution in [0.25, 0.3) is 10.9 Å². The van der Waals surface area contributed by atoms with E-state index in [-0.39, 0.29) is 0 Å². The van der Waals surface area contributed by atoms with Crippen LogP contribution in [0.4, 0.5) is 11.6 Å². The highest BCUT2D eigenvalue weighted by atomic mass is 15.3. The van der Waals surface area contributed by atoms with E-state index < -0.39 is 0 Å². The number of nitrogens with one attached hydrogen (secondary N) is 1. The van der Waals surface area contributed by atoms with Gasteiger partial charge in [0, 0.05) is 18.6 Å². The van der Waals surface area contributed by atoms with Gasteiger partial charge in [-0.2, -0.15) is 5.10 Å². The lowest BCUT2D eigenvalue weighted by Gasteiger charge is -2.12. The minimum absolute atomic E-state index is 0.376. The highest BCUT2D eigenvalue weighted by Crippen LogP contribution is 2.25. The number of para-hydroxylation sites is 1. The van der Waals surface area contributed by atoms with Crippen molar-refractivity contribution in [3.05, 3.63) is 41.9 Å². The van der Waals surface area contributed by atoms with Gasteiger partial charge in [-0.05, 0) is 24.5 Å². The summed E-state index contributed by atoms with van der Waals surface area (Å²) in [6.45, 7) is 6.32. The molecule has 5 nitrogen and oxygen atoms in total. The Balaban J connectivity index is 2.03. The van der Waals surface area contributed by atoms with Gasteiger partial charge in [0.2, 0.25) is 5.95 Å². The molecule has 108 valence electrons. The summed E-state index contributed by atoms with van der Waals surface area (Å²) in [5, 5.41) is 8.70. The van der Waals surface area contributed by atoms with E-state index in [1.807, 2.05) is 49.2 Å². The molecule has 0 saturated carbocycles. The van der Waals surface area contributed by atoms with Crippen LogP contribution in [0.1, 0.15) is 31.0 Å². The zero-order valence-electron chi connectivity index (χ0n) is 12.8. The molecule has 0 spiro atoms. The van der Waals surface area contributed by atoms with Gasteiger partial charge in [0.1, 0.15) is 0 Å². The van der Waals surface area contributed by atoms with Crippen molar-refractivity contribution >= 4 is 22.5 Å². The summed E-state index contributed by atoms with van der Waals surface area (Å²) in [7, 11) is 1.93. The standard InChI is InChI=1S/C16H19N5/c1-10(2)14-11(3)8-17-16(20-14)19-13-7-5-6-12-9-18-21(4)15(12)13/h5-10H,1-4H3,(H,17,19,20). The average molecular weight is 281 g/mol. The van der Waals surface area contributed by atoms with E-state index in [0.717, 1.165) is 27.8 Å². The molecule has 0 fully saturated rings. The molecule has 1 N–H and O–H groups in total. The lowest BCUT2D eigenvalue weighted by atomic mass is 10.1. The molecule has 3 aromatic rings. The van der Waals surface area contributed by atoms with E-state index in [1.165, 1.54) is 0 Å². The number of benzene rings is 1. The van der Waals surface area contributed by atoms with Gasteiger partial charge in [0.15, 0.2) is 0 Å². The maximum Gasteiger partial charge on any atom is 0.227 e. The highest BCUT2D eigenvalue weighted by Gasteiger charge is 2.10. The summed E-state index contributed by atoms with van der Waals surface area (Å²) in [6, 6.07) is 6.06. The number of nitrogens with zero attached hydrogens (tertiary/aromatic N) is 4. The topological polar surface area (TPSA) is 55.6 Å². The summed E-state index contributed by atoms with van der Waals surface area (Å²) in [4.78, 5) is 9.02. The first-order valence-electron chi connectivity index (χ1n) is 7.07. The van der Waals surface area contributed by atoms with Crippen molar-refractivity contribution in [3.63, 3.8) is 0 Å². The summed E-state index contributed by atoms with van der Waals surface area (Å²) in [6.07, 6.45) is 3.73. The quantitative estimate of drug-likeness (QED) is 0.797. The molecular weight excluding hydrogens is 262 g/mol. The van der Waals surface area contributed by atoms with Crippen LogP contribution >= 0.6 is 0 Å². The lowest BCUT2D eigenvalue weighted by Crippen LogP contribution is -2.04. The molecule has 0 aliphatic rings. The number of hydrogen-bond donors (Lipinski definition) is 1. The molecule has 3 rings (SSSR count). The second-order valence-corrected chi connectivity index (χ2v) is 5.55. The fraction of sp³-hybridized carbons (Fsp3) is 0.312. The van der Waals surface area contributed by atoms with Gasteiger partial charge >= 0.3 is 0 Å². The minimum Gasteiger partial charge on any atom is -0.322 e. The second kappa shape index (κ2) is 5.16. The number of fused-ring (bicyclic) bond motifs is 1. The number of rotatable bonds is 3. The Hall–Kier alpha value is -2.43. The molecule has 0 unspecified atom stereocenters. The maximum absolute atomic E-state index is 4.64. The first-order valence-corrected chi connectivity index (χ1v) is 7.07. The third-order valence-corrected chi connectivity index (χ3v) is 3.57. The van der Waals surface area contributed by atoms with Crippen molar-refractivity contribution in [2.45, 2.75) is 26.7 Å². The van der Waals surface area contributed by atoms with Crippen molar-refractivity contribution < 1.29 is 0 Å². The van der Waals surface area contributed by atoms with Crippen LogP contribution in [0, 0.1) is 6.92 Å². The first kappa shape index (κ1) is 13.5. The first-order chi connectivity index (χ1) is 10.1. The Morgan fingerprint density at radius 2 is 2.00 bits per heavy atom. The van der Waals surface area contributed by atoms with Gasteiger partial charge in [-0.1, -0.05) is 26.0 Å². The molecule has 0 radical (unpaired) electrons. The van der Waals surface area contributed by atoms with Crippen LogP contribution in [0.3, 0.4) is 0 Å². The normalized spacial score (nSPS) is 11.3. The Morgan fingerprint density at radius 1 is 1.19 bits per heavy atom. The lowest BCUT2D eigenvalue weighted by molar-refractivity contribution is 0.796. The zero-order chi connectivity index (χ0) is 15.0. The smallest absolute Gasteiger partial charge is 0.227 e. The molecule has 5 heteroatoms. The van der Waals surface area contributed by atoms with Gasteiger partial charge in [-0.25, -0.2) is 9.97 Å². The van der Waals surface area contributed by atoms with E-state index in [0.29, 0.717) is 11.9 Å². The molecule has 2 aromatic heterocycles. The van der Waals surface area contributed by atoms with Crippen molar-refractivity contribution in [2.75, 3.05) is 5.32 Å². The van der Waals surface area contributed by atoms with Crippen LogP contribution in [-0.2, 0) is 7.05 Å². The molecule has 0 atom stereocenters. The van der Waals surface area contributed by atoms with Crippen LogP contribution in [0.5, 0.6) is 0 Å². The van der Waals surface area contributed by atoms with Crippen molar-refractivity contribution in [3.8, 4) is 0 Å². The Morgan fingerprint density at radius 3 is 2.76 bits per heavy atom. The molecule has 1 aromatic carbocycles. The molecular formula is C16H19N5. The Kier molecular flexibility index (Phi) is 3.33. The molecule has 0 amide bonds. The van der Waals surface area contributed by atoms with Gasteiger partial charge in [-0.15, -0.1) is 0 Å². The van der Waals surface area contributed by atoms with Crippen LogP contribution in [0.15, 0.2) is 30.6 Å². The molecule has 0 saturated heterocycles. The van der Waals surface area contributed by atoms with Gasteiger partial charge in [-0.3, -0.25) is 4.68 Å². The van der Waals surface area contributed by atoms with E-state index in [1.54, 1.807) is 0 Å². The van der Waals surface area contributed by atoms with Crippen molar-refractivity contribution in [2.24, 2.45) is 7.05 Å². The number of hydrogen-bond acceptors (Lipinski definition) is 4. The van der Waals surface area contributed by atoms with E-state index >= 15 is 0 Å². The molecule has 0 aliphatic carbocycles. The summed E-state index contributed by atoms with van der Waals surface area (Å²) >= 11 is 0. The second-order valence-electron chi connectivity index (χ2n) is 5.55. The van der Waals surface area contributed by atoms with E-state index in [2.05, 4.69) is 34.2 Å². The molecule has 0 aliphatic heterocycles. The predicted molar refractivity (Wildman–Crippen MR) is 84.9 cm³/mol. The predicted octanol–water partition coefficient (Wildman–Crippen LogP) is 3.54. The third-order valence-electron chi connectivity index (χ3n) is 3.57. The van der Waals surface area contributed by atoms with Crippen LogP contribution in [-0.4, -0.2) is 19.7 Å². The fourth-order valence-electron chi connectivity index (χ4n) is 2.55. The van der Waals surface area contributed by atoms with E-state index in [4.69, 9.17) is 0 Å². The molecule has 2 heterocycles. The third kappa shape index (κ3) is 2.46. The van der Waals surface area contributed by atoms with Crippen LogP contribution < -0.4 is 5.32 Å². The van der Waals surface area contributed by atoms with Gasteiger partial charge < -0.3 is 5.32 Å². The molecule has 0 bridgehead atoms. The minimum atomic E-state index is 0.376. The largest absolute Gasteiger partial charge is 0.322 e. The summed E-state index contributed by atoms with van der Waals surface area (Å²) < 4.78 is 1.86. The number of anilines is 2. The molecule has 21 heavy (non-hydrogen) atoms. The average Bonchev–Trinajstić information content (AvgIpc) is 2.83. The van der Waals surface area contributed by atoms with Gasteiger partial charge in [0.25, 0.3) is 0 Å². The maximum atomic E-state index is 4.64. The summed E-state index contributed by atoms with van der Waals surface area (Å²) in [5.41, 5.74) is 4.21. The summed E-state index contributed by atoms with van der Waals surface area (Å²) in [5.74, 6) is 0.999. The Bertz CT molecular complexity index is 788.